The summed E-state index contributed by atoms with van der Waals surface area (Å²) >= 11 is 0. The van der Waals surface area contributed by atoms with Gasteiger partial charge in [0, 0.05) is 18.6 Å². The van der Waals surface area contributed by atoms with Crippen molar-refractivity contribution in [1.29, 1.82) is 0 Å². The Morgan fingerprint density at radius 2 is 1.85 bits per heavy atom. The summed E-state index contributed by atoms with van der Waals surface area (Å²) < 4.78 is 0. The van der Waals surface area contributed by atoms with Gasteiger partial charge in [0.1, 0.15) is 0 Å². The second-order valence-electron chi connectivity index (χ2n) is 4.89. The van der Waals surface area contributed by atoms with Gasteiger partial charge in [-0.2, -0.15) is 0 Å². The minimum absolute atomic E-state index is 0.365. The van der Waals surface area contributed by atoms with E-state index in [4.69, 9.17) is 5.73 Å². The highest BCUT2D eigenvalue weighted by Gasteiger charge is 2.28. The molecule has 0 aromatic rings. The molecule has 2 heteroatoms. The van der Waals surface area contributed by atoms with Crippen molar-refractivity contribution in [1.82, 2.24) is 4.90 Å². The SMILES string of the molecule is CC(C)C(C)N1CCC(C(C)N)C1. The van der Waals surface area contributed by atoms with Crippen LogP contribution in [0.4, 0.5) is 0 Å². The van der Waals surface area contributed by atoms with E-state index in [0.717, 1.165) is 11.8 Å². The second kappa shape index (κ2) is 4.43. The van der Waals surface area contributed by atoms with E-state index >= 15 is 0 Å². The predicted octanol–water partition coefficient (Wildman–Crippen LogP) is 1.70. The molecule has 78 valence electrons. The van der Waals surface area contributed by atoms with Crippen LogP contribution in [0, 0.1) is 11.8 Å². The van der Waals surface area contributed by atoms with E-state index in [1.807, 2.05) is 0 Å². The number of nitrogens with two attached hydrogens (primary N) is 1. The first kappa shape index (κ1) is 11.0. The molecule has 1 heterocycles. The summed E-state index contributed by atoms with van der Waals surface area (Å²) in [5.41, 5.74) is 5.91. The van der Waals surface area contributed by atoms with Gasteiger partial charge in [0.05, 0.1) is 0 Å². The lowest BCUT2D eigenvalue weighted by molar-refractivity contribution is 0.198. The molecule has 0 aromatic carbocycles. The van der Waals surface area contributed by atoms with Gasteiger partial charge in [0.25, 0.3) is 0 Å². The third-order valence-electron chi connectivity index (χ3n) is 3.54. The Labute approximate surface area is 82.5 Å². The fraction of sp³-hybridized carbons (Fsp3) is 1.00. The van der Waals surface area contributed by atoms with Crippen molar-refractivity contribution in [2.24, 2.45) is 17.6 Å². The van der Waals surface area contributed by atoms with Crippen LogP contribution >= 0.6 is 0 Å². The minimum atomic E-state index is 0.365. The quantitative estimate of drug-likeness (QED) is 0.723. The van der Waals surface area contributed by atoms with Crippen LogP contribution in [-0.2, 0) is 0 Å². The summed E-state index contributed by atoms with van der Waals surface area (Å²) in [6, 6.07) is 1.08. The molecule has 2 N–H and O–H groups in total. The second-order valence-corrected chi connectivity index (χ2v) is 4.89. The van der Waals surface area contributed by atoms with Crippen LogP contribution in [0.2, 0.25) is 0 Å². The third kappa shape index (κ3) is 2.68. The lowest BCUT2D eigenvalue weighted by atomic mass is 10.0. The molecule has 0 amide bonds. The third-order valence-corrected chi connectivity index (χ3v) is 3.54. The molecular formula is C11H24N2. The first-order valence-corrected chi connectivity index (χ1v) is 5.52. The maximum atomic E-state index is 5.91. The van der Waals surface area contributed by atoms with Gasteiger partial charge in [-0.15, -0.1) is 0 Å². The maximum Gasteiger partial charge on any atom is 0.00900 e. The Hall–Kier alpha value is -0.0800. The normalized spacial score (nSPS) is 29.5. The summed E-state index contributed by atoms with van der Waals surface area (Å²) in [5, 5.41) is 0. The largest absolute Gasteiger partial charge is 0.328 e. The Bertz CT molecular complexity index is 154. The zero-order valence-corrected chi connectivity index (χ0v) is 9.46. The summed E-state index contributed by atoms with van der Waals surface area (Å²) in [6.45, 7) is 11.5. The molecule has 1 aliphatic heterocycles. The molecule has 2 nitrogen and oxygen atoms in total. The molecule has 0 aromatic heterocycles. The van der Waals surface area contributed by atoms with E-state index in [0.29, 0.717) is 12.1 Å². The summed E-state index contributed by atoms with van der Waals surface area (Å²) in [5.74, 6) is 1.48. The highest BCUT2D eigenvalue weighted by Crippen LogP contribution is 2.23. The molecule has 0 saturated carbocycles. The van der Waals surface area contributed by atoms with E-state index < -0.39 is 0 Å². The Kier molecular flexibility index (Phi) is 3.74. The van der Waals surface area contributed by atoms with Gasteiger partial charge in [0.2, 0.25) is 0 Å². The number of likely N-dealkylation sites (tertiary alicyclic amines) is 1. The van der Waals surface area contributed by atoms with Gasteiger partial charge >= 0.3 is 0 Å². The zero-order chi connectivity index (χ0) is 10.0. The van der Waals surface area contributed by atoms with Gasteiger partial charge < -0.3 is 10.6 Å². The molecule has 1 saturated heterocycles. The maximum absolute atomic E-state index is 5.91. The van der Waals surface area contributed by atoms with Crippen LogP contribution in [0.3, 0.4) is 0 Å². The van der Waals surface area contributed by atoms with Crippen molar-refractivity contribution in [2.75, 3.05) is 13.1 Å². The monoisotopic (exact) mass is 184 g/mol. The van der Waals surface area contributed by atoms with Gasteiger partial charge in [-0.25, -0.2) is 0 Å². The minimum Gasteiger partial charge on any atom is -0.328 e. The van der Waals surface area contributed by atoms with Crippen LogP contribution < -0.4 is 5.73 Å². The fourth-order valence-electron chi connectivity index (χ4n) is 2.04. The van der Waals surface area contributed by atoms with Crippen molar-refractivity contribution in [3.05, 3.63) is 0 Å². The van der Waals surface area contributed by atoms with Crippen molar-refractivity contribution < 1.29 is 0 Å². The number of hydrogen-bond acceptors (Lipinski definition) is 2. The molecule has 0 spiro atoms. The summed E-state index contributed by atoms with van der Waals surface area (Å²) in [7, 11) is 0. The van der Waals surface area contributed by atoms with E-state index in [2.05, 4.69) is 32.6 Å². The van der Waals surface area contributed by atoms with Gasteiger partial charge in [-0.1, -0.05) is 13.8 Å². The van der Waals surface area contributed by atoms with E-state index in [-0.39, 0.29) is 0 Å². The summed E-state index contributed by atoms with van der Waals surface area (Å²) in [4.78, 5) is 2.58. The lowest BCUT2D eigenvalue weighted by Gasteiger charge is -2.28. The highest BCUT2D eigenvalue weighted by atomic mass is 15.2. The smallest absolute Gasteiger partial charge is 0.00900 e. The number of rotatable bonds is 3. The van der Waals surface area contributed by atoms with Crippen LogP contribution in [0.25, 0.3) is 0 Å². The standard InChI is InChI=1S/C11H24N2/c1-8(2)10(4)13-6-5-11(7-13)9(3)12/h8-11H,5-7,12H2,1-4H3. The van der Waals surface area contributed by atoms with Crippen molar-refractivity contribution >= 4 is 0 Å². The Morgan fingerprint density at radius 3 is 2.23 bits per heavy atom. The van der Waals surface area contributed by atoms with E-state index in [9.17, 15) is 0 Å². The van der Waals surface area contributed by atoms with E-state index in [1.165, 1.54) is 19.5 Å². The highest BCUT2D eigenvalue weighted by molar-refractivity contribution is 4.84. The number of hydrogen-bond donors (Lipinski definition) is 1. The van der Waals surface area contributed by atoms with Crippen LogP contribution in [-0.4, -0.2) is 30.1 Å². The van der Waals surface area contributed by atoms with Crippen LogP contribution in [0.15, 0.2) is 0 Å². The number of nitrogens with zero attached hydrogens (tertiary/aromatic N) is 1. The van der Waals surface area contributed by atoms with E-state index in [1.54, 1.807) is 0 Å². The first-order valence-electron chi connectivity index (χ1n) is 5.52. The van der Waals surface area contributed by atoms with Crippen molar-refractivity contribution in [3.8, 4) is 0 Å². The zero-order valence-electron chi connectivity index (χ0n) is 9.46. The molecule has 1 fully saturated rings. The average molecular weight is 184 g/mol. The Morgan fingerprint density at radius 1 is 1.23 bits per heavy atom. The molecule has 0 aliphatic carbocycles. The van der Waals surface area contributed by atoms with Gasteiger partial charge in [-0.05, 0) is 38.6 Å². The van der Waals surface area contributed by atoms with Crippen molar-refractivity contribution in [2.45, 2.75) is 46.2 Å². The molecule has 1 aliphatic rings. The molecule has 3 atom stereocenters. The molecule has 1 rings (SSSR count). The molecule has 13 heavy (non-hydrogen) atoms. The van der Waals surface area contributed by atoms with Crippen LogP contribution in [0.5, 0.6) is 0 Å². The topological polar surface area (TPSA) is 29.3 Å². The predicted molar refractivity (Wildman–Crippen MR) is 57.6 cm³/mol. The van der Waals surface area contributed by atoms with Crippen molar-refractivity contribution in [3.63, 3.8) is 0 Å². The molecule has 3 unspecified atom stereocenters. The fourth-order valence-corrected chi connectivity index (χ4v) is 2.04. The van der Waals surface area contributed by atoms with Gasteiger partial charge in [0.15, 0.2) is 0 Å². The molecule has 0 radical (unpaired) electrons. The lowest BCUT2D eigenvalue weighted by Crippen LogP contribution is -2.36. The average Bonchev–Trinajstić information content (AvgIpc) is 2.50. The molecular weight excluding hydrogens is 160 g/mol. The van der Waals surface area contributed by atoms with Crippen LogP contribution in [0.1, 0.15) is 34.1 Å². The molecule has 0 bridgehead atoms. The summed E-state index contributed by atoms with van der Waals surface area (Å²) in [6.07, 6.45) is 1.29. The van der Waals surface area contributed by atoms with Gasteiger partial charge in [-0.3, -0.25) is 0 Å². The first-order chi connectivity index (χ1) is 6.02. The Balaban J connectivity index is 2.40.